The number of carbonyl (C=O) groups is 1. The van der Waals surface area contributed by atoms with Crippen molar-refractivity contribution in [3.8, 4) is 6.07 Å². The van der Waals surface area contributed by atoms with E-state index >= 15 is 0 Å². The van der Waals surface area contributed by atoms with Crippen LogP contribution >= 0.6 is 11.8 Å². The maximum atomic E-state index is 11.6. The molecule has 0 unspecified atom stereocenters. The van der Waals surface area contributed by atoms with Crippen molar-refractivity contribution in [1.29, 1.82) is 5.26 Å². The minimum absolute atomic E-state index is 0.0846. The number of carbonyl (C=O) groups excluding carboxylic acids is 1. The Kier molecular flexibility index (Phi) is 3.96. The third-order valence-corrected chi connectivity index (χ3v) is 6.20. The van der Waals surface area contributed by atoms with Gasteiger partial charge in [-0.2, -0.15) is 10.3 Å². The van der Waals surface area contributed by atoms with Crippen molar-refractivity contribution < 1.29 is 13.2 Å². The van der Waals surface area contributed by atoms with Crippen molar-refractivity contribution in [3.05, 3.63) is 12.7 Å². The first-order valence-corrected chi connectivity index (χ1v) is 8.40. The highest BCUT2D eigenvalue weighted by molar-refractivity contribution is 8.15. The van der Waals surface area contributed by atoms with Crippen LogP contribution in [0.1, 0.15) is 6.42 Å². The van der Waals surface area contributed by atoms with E-state index in [2.05, 4.69) is 11.6 Å². The number of rotatable bonds is 3. The fraction of sp³-hybridized carbons (Fsp3) is 0.545. The number of thioether (sulfide) groups is 1. The largest absolute Gasteiger partial charge is 0.342 e. The molecule has 8 heteroatoms. The van der Waals surface area contributed by atoms with Crippen molar-refractivity contribution in [2.75, 3.05) is 18.1 Å². The SMILES string of the molecule is C=CCN1C(=NC(=O)CC#N)S[C@@H]2CS(=O)(=O)C[C@@H]21. The van der Waals surface area contributed by atoms with Crippen molar-refractivity contribution in [2.24, 2.45) is 4.99 Å². The Morgan fingerprint density at radius 1 is 1.63 bits per heavy atom. The van der Waals surface area contributed by atoms with Crippen LogP contribution in [0.2, 0.25) is 0 Å². The molecule has 2 heterocycles. The van der Waals surface area contributed by atoms with Crippen LogP contribution < -0.4 is 0 Å². The summed E-state index contributed by atoms with van der Waals surface area (Å²) in [6.07, 6.45) is 1.39. The molecule has 0 aromatic carbocycles. The molecule has 0 aliphatic carbocycles. The van der Waals surface area contributed by atoms with Gasteiger partial charge in [-0.25, -0.2) is 8.42 Å². The lowest BCUT2D eigenvalue weighted by Crippen LogP contribution is -2.37. The third-order valence-electron chi connectivity index (χ3n) is 2.95. The molecule has 0 bridgehead atoms. The minimum Gasteiger partial charge on any atom is -0.342 e. The monoisotopic (exact) mass is 299 g/mol. The Hall–Kier alpha value is -1.33. The number of amides is 1. The molecule has 0 saturated carbocycles. The number of sulfone groups is 1. The molecule has 0 radical (unpaired) electrons. The number of fused-ring (bicyclic) bond motifs is 1. The van der Waals surface area contributed by atoms with Crippen LogP contribution in [0.25, 0.3) is 0 Å². The van der Waals surface area contributed by atoms with E-state index in [1.165, 1.54) is 11.8 Å². The van der Waals surface area contributed by atoms with E-state index in [1.807, 2.05) is 0 Å². The van der Waals surface area contributed by atoms with Crippen LogP contribution in [-0.4, -0.2) is 53.7 Å². The average Bonchev–Trinajstić information content (AvgIpc) is 2.74. The molecule has 2 rings (SSSR count). The van der Waals surface area contributed by atoms with Crippen LogP contribution in [0.5, 0.6) is 0 Å². The zero-order chi connectivity index (χ0) is 14.0. The summed E-state index contributed by atoms with van der Waals surface area (Å²) < 4.78 is 23.2. The molecule has 2 aliphatic heterocycles. The summed E-state index contributed by atoms with van der Waals surface area (Å²) in [5.74, 6) is -0.298. The van der Waals surface area contributed by atoms with E-state index in [9.17, 15) is 13.2 Å². The molecule has 2 saturated heterocycles. The van der Waals surface area contributed by atoms with Gasteiger partial charge < -0.3 is 4.90 Å². The second kappa shape index (κ2) is 5.35. The first-order valence-electron chi connectivity index (χ1n) is 5.70. The number of hydrogen-bond donors (Lipinski definition) is 0. The number of amidine groups is 1. The molecule has 2 aliphatic rings. The lowest BCUT2D eigenvalue weighted by Gasteiger charge is -2.22. The van der Waals surface area contributed by atoms with Crippen LogP contribution in [0.15, 0.2) is 17.6 Å². The first-order chi connectivity index (χ1) is 8.96. The molecular formula is C11H13N3O3S2. The Balaban J connectivity index is 2.22. The highest BCUT2D eigenvalue weighted by Crippen LogP contribution is 2.37. The highest BCUT2D eigenvalue weighted by atomic mass is 32.2. The zero-order valence-corrected chi connectivity index (χ0v) is 11.8. The molecular weight excluding hydrogens is 286 g/mol. The summed E-state index contributed by atoms with van der Waals surface area (Å²) in [5.41, 5.74) is 0. The molecule has 0 aromatic heterocycles. The molecule has 19 heavy (non-hydrogen) atoms. The van der Waals surface area contributed by atoms with Crippen molar-refractivity contribution >= 4 is 32.7 Å². The lowest BCUT2D eigenvalue weighted by atomic mass is 10.2. The fourth-order valence-electron chi connectivity index (χ4n) is 2.20. The van der Waals surface area contributed by atoms with Crippen molar-refractivity contribution in [2.45, 2.75) is 17.7 Å². The summed E-state index contributed by atoms with van der Waals surface area (Å²) in [6, 6.07) is 1.60. The molecule has 2 atom stereocenters. The van der Waals surface area contributed by atoms with Crippen molar-refractivity contribution in [3.63, 3.8) is 0 Å². The van der Waals surface area contributed by atoms with E-state index in [1.54, 1.807) is 17.0 Å². The molecule has 102 valence electrons. The molecule has 0 N–H and O–H groups in total. The summed E-state index contributed by atoms with van der Waals surface area (Å²) >= 11 is 1.30. The summed E-state index contributed by atoms with van der Waals surface area (Å²) in [7, 11) is -3.01. The topological polar surface area (TPSA) is 90.6 Å². The Bertz CT molecular complexity index is 576. The number of nitrogens with zero attached hydrogens (tertiary/aromatic N) is 3. The van der Waals surface area contributed by atoms with Crippen LogP contribution in [0, 0.1) is 11.3 Å². The van der Waals surface area contributed by atoms with Crippen molar-refractivity contribution in [1.82, 2.24) is 4.90 Å². The fourth-order valence-corrected chi connectivity index (χ4v) is 6.18. The van der Waals surface area contributed by atoms with Gasteiger partial charge in [-0.05, 0) is 0 Å². The van der Waals surface area contributed by atoms with E-state index < -0.39 is 15.7 Å². The standard InChI is InChI=1S/C11H13N3O3S2/c1-2-5-14-8-6-19(16,17)7-9(8)18-11(14)13-10(15)3-4-12/h2,8-9H,1,3,5-7H2/t8-,9+/m0/s1. The second-order valence-electron chi connectivity index (χ2n) is 4.36. The van der Waals surface area contributed by atoms with Crippen LogP contribution in [-0.2, 0) is 14.6 Å². The van der Waals surface area contributed by atoms with Crippen LogP contribution in [0.4, 0.5) is 0 Å². The number of hydrogen-bond acceptors (Lipinski definition) is 5. The van der Waals surface area contributed by atoms with Gasteiger partial charge in [0.05, 0.1) is 23.6 Å². The van der Waals surface area contributed by atoms with E-state index in [0.717, 1.165) is 0 Å². The predicted molar refractivity (Wildman–Crippen MR) is 73.4 cm³/mol. The molecule has 0 aromatic rings. The quantitative estimate of drug-likeness (QED) is 0.691. The normalized spacial score (nSPS) is 30.1. The van der Waals surface area contributed by atoms with Gasteiger partial charge in [-0.15, -0.1) is 6.58 Å². The lowest BCUT2D eigenvalue weighted by molar-refractivity contribution is -0.116. The Labute approximate surface area is 116 Å². The summed E-state index contributed by atoms with van der Waals surface area (Å²) in [5, 5.41) is 8.87. The average molecular weight is 299 g/mol. The van der Waals surface area contributed by atoms with Gasteiger partial charge in [0.2, 0.25) is 0 Å². The number of nitriles is 1. The van der Waals surface area contributed by atoms with Gasteiger partial charge >= 0.3 is 0 Å². The van der Waals surface area contributed by atoms with Gasteiger partial charge in [0, 0.05) is 11.8 Å². The van der Waals surface area contributed by atoms with Gasteiger partial charge in [-0.1, -0.05) is 17.8 Å². The van der Waals surface area contributed by atoms with Gasteiger partial charge in [0.15, 0.2) is 15.0 Å². The Morgan fingerprint density at radius 3 is 3.00 bits per heavy atom. The van der Waals surface area contributed by atoms with E-state index in [0.29, 0.717) is 11.7 Å². The molecule has 6 nitrogen and oxygen atoms in total. The van der Waals surface area contributed by atoms with E-state index in [4.69, 9.17) is 5.26 Å². The van der Waals surface area contributed by atoms with Gasteiger partial charge in [-0.3, -0.25) is 4.79 Å². The third kappa shape index (κ3) is 2.98. The summed E-state index contributed by atoms with van der Waals surface area (Å²) in [6.45, 7) is 4.08. The van der Waals surface area contributed by atoms with E-state index in [-0.39, 0.29) is 29.2 Å². The Morgan fingerprint density at radius 2 is 2.37 bits per heavy atom. The maximum absolute atomic E-state index is 11.6. The molecule has 0 spiro atoms. The van der Waals surface area contributed by atoms with Crippen LogP contribution in [0.3, 0.4) is 0 Å². The number of aliphatic imine (C=N–C) groups is 1. The van der Waals surface area contributed by atoms with Gasteiger partial charge in [0.25, 0.3) is 5.91 Å². The van der Waals surface area contributed by atoms with Gasteiger partial charge in [0.1, 0.15) is 6.42 Å². The maximum Gasteiger partial charge on any atom is 0.262 e. The minimum atomic E-state index is -3.01. The summed E-state index contributed by atoms with van der Waals surface area (Å²) in [4.78, 5) is 17.1. The first kappa shape index (κ1) is 14.1. The molecule has 2 fully saturated rings. The zero-order valence-electron chi connectivity index (χ0n) is 10.2. The smallest absolute Gasteiger partial charge is 0.262 e. The highest BCUT2D eigenvalue weighted by Gasteiger charge is 2.48. The second-order valence-corrected chi connectivity index (χ2v) is 7.72. The predicted octanol–water partition coefficient (Wildman–Crippen LogP) is 0.183. The molecule has 1 amide bonds.